The third-order valence-electron chi connectivity index (χ3n) is 5.47. The van der Waals surface area contributed by atoms with Crippen molar-refractivity contribution in [2.24, 2.45) is 0 Å². The Balaban J connectivity index is 1.50. The average Bonchev–Trinajstić information content (AvgIpc) is 3.51. The zero-order valence-corrected chi connectivity index (χ0v) is 16.7. The van der Waals surface area contributed by atoms with Crippen LogP contribution >= 0.6 is 11.8 Å². The van der Waals surface area contributed by atoms with Gasteiger partial charge in [-0.15, -0.1) is 11.8 Å². The molecule has 0 saturated carbocycles. The Morgan fingerprint density at radius 3 is 2.74 bits per heavy atom. The maximum Gasteiger partial charge on any atom is 0.157 e. The fourth-order valence-corrected chi connectivity index (χ4v) is 4.66. The average molecular weight is 376 g/mol. The van der Waals surface area contributed by atoms with E-state index in [-0.39, 0.29) is 6.04 Å². The van der Waals surface area contributed by atoms with E-state index in [9.17, 15) is 4.79 Å². The first kappa shape index (κ1) is 18.1. The Bertz CT molecular complexity index is 900. The number of ketones is 1. The summed E-state index contributed by atoms with van der Waals surface area (Å²) in [5.74, 6) is 0.730. The van der Waals surface area contributed by atoms with Crippen molar-refractivity contribution in [3.05, 3.63) is 83.4 Å². The summed E-state index contributed by atoms with van der Waals surface area (Å²) in [5.41, 5.74) is 5.09. The van der Waals surface area contributed by atoms with E-state index in [0.29, 0.717) is 18.1 Å². The zero-order chi connectivity index (χ0) is 18.8. The van der Waals surface area contributed by atoms with Crippen molar-refractivity contribution in [1.82, 2.24) is 4.90 Å². The predicted molar refractivity (Wildman–Crippen MR) is 114 cm³/mol. The smallest absolute Gasteiger partial charge is 0.157 e. The van der Waals surface area contributed by atoms with Gasteiger partial charge in [0.15, 0.2) is 5.78 Å². The van der Waals surface area contributed by atoms with Gasteiger partial charge in [-0.3, -0.25) is 4.79 Å². The molecule has 0 radical (unpaired) electrons. The third kappa shape index (κ3) is 3.74. The van der Waals surface area contributed by atoms with Crippen LogP contribution in [0.25, 0.3) is 5.70 Å². The minimum Gasteiger partial charge on any atom is -0.357 e. The van der Waals surface area contributed by atoms with Crippen molar-refractivity contribution < 1.29 is 4.79 Å². The molecular formula is C24H25NOS. The molecular weight excluding hydrogens is 350 g/mol. The lowest BCUT2D eigenvalue weighted by atomic mass is 9.95. The van der Waals surface area contributed by atoms with E-state index in [2.05, 4.69) is 66.6 Å². The highest BCUT2D eigenvalue weighted by atomic mass is 32.2. The van der Waals surface area contributed by atoms with Crippen molar-refractivity contribution in [2.75, 3.05) is 12.8 Å². The Morgan fingerprint density at radius 1 is 1.15 bits per heavy atom. The van der Waals surface area contributed by atoms with Crippen LogP contribution < -0.4 is 0 Å². The van der Waals surface area contributed by atoms with Gasteiger partial charge in [-0.05, 0) is 35.9 Å². The van der Waals surface area contributed by atoms with Crippen LogP contribution in [0, 0.1) is 0 Å². The minimum absolute atomic E-state index is 0.0348. The number of allylic oxidation sites excluding steroid dienone is 3. The summed E-state index contributed by atoms with van der Waals surface area (Å²) in [4.78, 5) is 16.3. The van der Waals surface area contributed by atoms with Crippen LogP contribution in [0.4, 0.5) is 0 Å². The van der Waals surface area contributed by atoms with Gasteiger partial charge in [-0.25, -0.2) is 0 Å². The van der Waals surface area contributed by atoms with Crippen LogP contribution in [0.2, 0.25) is 0 Å². The van der Waals surface area contributed by atoms with Gasteiger partial charge in [0.2, 0.25) is 0 Å². The third-order valence-corrected chi connectivity index (χ3v) is 6.26. The highest BCUT2D eigenvalue weighted by Crippen LogP contribution is 2.41. The van der Waals surface area contributed by atoms with Gasteiger partial charge in [0, 0.05) is 35.0 Å². The number of rotatable bonds is 6. The molecule has 0 N–H and O–H groups in total. The molecule has 0 spiro atoms. The Morgan fingerprint density at radius 2 is 1.96 bits per heavy atom. The summed E-state index contributed by atoms with van der Waals surface area (Å²) in [6, 6.07) is 16.8. The molecule has 1 aliphatic carbocycles. The number of aryl methyl sites for hydroxylation is 1. The van der Waals surface area contributed by atoms with Crippen LogP contribution in [-0.2, 0) is 11.2 Å². The summed E-state index contributed by atoms with van der Waals surface area (Å²) in [7, 11) is 0. The number of hydrogen-bond acceptors (Lipinski definition) is 3. The van der Waals surface area contributed by atoms with Crippen LogP contribution in [0.5, 0.6) is 0 Å². The summed E-state index contributed by atoms with van der Waals surface area (Å²) >= 11 is 1.80. The molecule has 0 aromatic heterocycles. The molecule has 138 valence electrons. The summed E-state index contributed by atoms with van der Waals surface area (Å²) in [6.45, 7) is 3.08. The number of carbonyl (C=O) groups is 1. The summed E-state index contributed by atoms with van der Waals surface area (Å²) < 4.78 is 0. The van der Waals surface area contributed by atoms with Gasteiger partial charge < -0.3 is 4.90 Å². The maximum absolute atomic E-state index is 12.7. The Hall–Kier alpha value is -2.26. The molecule has 2 unspecified atom stereocenters. The highest BCUT2D eigenvalue weighted by Gasteiger charge is 2.42. The first-order chi connectivity index (χ1) is 13.2. The van der Waals surface area contributed by atoms with Crippen LogP contribution in [0.15, 0.2) is 71.7 Å². The van der Waals surface area contributed by atoms with E-state index in [1.165, 1.54) is 27.3 Å². The van der Waals surface area contributed by atoms with E-state index >= 15 is 0 Å². The van der Waals surface area contributed by atoms with Crippen LogP contribution in [-0.4, -0.2) is 29.5 Å². The molecule has 3 heteroatoms. The van der Waals surface area contributed by atoms with Gasteiger partial charge in [0.25, 0.3) is 0 Å². The number of fused-ring (bicyclic) bond motifs is 1. The van der Waals surface area contributed by atoms with Crippen molar-refractivity contribution in [1.29, 1.82) is 0 Å². The van der Waals surface area contributed by atoms with E-state index in [1.807, 2.05) is 18.2 Å². The Labute approximate surface area is 166 Å². The summed E-state index contributed by atoms with van der Waals surface area (Å²) in [5, 5.41) is 0. The normalized spacial score (nSPS) is 20.7. The second-order valence-electron chi connectivity index (χ2n) is 7.27. The van der Waals surface area contributed by atoms with Crippen molar-refractivity contribution >= 4 is 23.2 Å². The molecule has 1 heterocycles. The van der Waals surface area contributed by atoms with E-state index in [4.69, 9.17) is 0 Å². The number of Topliss-reactive ketones (excluding diaryl/α,β-unsaturated/α-hetero) is 1. The molecule has 27 heavy (non-hydrogen) atoms. The molecule has 0 bridgehead atoms. The van der Waals surface area contributed by atoms with Gasteiger partial charge in [0.1, 0.15) is 6.04 Å². The highest BCUT2D eigenvalue weighted by molar-refractivity contribution is 7.98. The summed E-state index contributed by atoms with van der Waals surface area (Å²) in [6.07, 6.45) is 10.1. The molecule has 1 saturated heterocycles. The largest absolute Gasteiger partial charge is 0.357 e. The number of nitrogens with zero attached hydrogens (tertiary/aromatic N) is 1. The lowest BCUT2D eigenvalue weighted by Gasteiger charge is -2.19. The molecule has 1 aliphatic heterocycles. The quantitative estimate of drug-likeness (QED) is 0.504. The lowest BCUT2D eigenvalue weighted by Crippen LogP contribution is -2.14. The molecule has 2 aromatic carbocycles. The fraction of sp³-hybridized carbons (Fsp3) is 0.292. The Kier molecular flexibility index (Phi) is 5.22. The zero-order valence-electron chi connectivity index (χ0n) is 15.9. The second-order valence-corrected chi connectivity index (χ2v) is 8.12. The molecule has 1 fully saturated rings. The topological polar surface area (TPSA) is 20.1 Å². The van der Waals surface area contributed by atoms with Crippen LogP contribution in [0.1, 0.15) is 36.0 Å². The van der Waals surface area contributed by atoms with Crippen molar-refractivity contribution in [3.8, 4) is 0 Å². The SMILES string of the molecule is CSc1cccc2c1C(C)C=CC=C2N1CC1C(=O)CCc1ccccc1. The molecule has 2 aromatic rings. The van der Waals surface area contributed by atoms with E-state index < -0.39 is 0 Å². The van der Waals surface area contributed by atoms with Gasteiger partial charge in [0.05, 0.1) is 0 Å². The number of benzene rings is 2. The maximum atomic E-state index is 12.7. The second kappa shape index (κ2) is 7.77. The minimum atomic E-state index is 0.0348. The van der Waals surface area contributed by atoms with E-state index in [1.54, 1.807) is 11.8 Å². The molecule has 2 nitrogen and oxygen atoms in total. The van der Waals surface area contributed by atoms with Crippen molar-refractivity contribution in [3.63, 3.8) is 0 Å². The van der Waals surface area contributed by atoms with Crippen LogP contribution in [0.3, 0.4) is 0 Å². The predicted octanol–water partition coefficient (Wildman–Crippen LogP) is 5.31. The first-order valence-corrected chi connectivity index (χ1v) is 10.8. The number of thioether (sulfide) groups is 1. The molecule has 2 atom stereocenters. The lowest BCUT2D eigenvalue weighted by molar-refractivity contribution is -0.119. The standard InChI is InChI=1S/C24H25NOS/c1-17-8-6-12-20(19-11-7-13-23(27-2)24(17)19)25-16-21(25)22(26)15-14-18-9-4-3-5-10-18/h3-13,17,21H,14-16H2,1-2H3. The van der Waals surface area contributed by atoms with E-state index in [0.717, 1.165) is 13.0 Å². The monoisotopic (exact) mass is 375 g/mol. The van der Waals surface area contributed by atoms with Gasteiger partial charge in [-0.1, -0.05) is 61.5 Å². The number of carbonyl (C=O) groups excluding carboxylic acids is 1. The number of hydrogen-bond donors (Lipinski definition) is 0. The molecule has 4 rings (SSSR count). The van der Waals surface area contributed by atoms with Gasteiger partial charge >= 0.3 is 0 Å². The molecule has 0 amide bonds. The first-order valence-electron chi connectivity index (χ1n) is 9.58. The van der Waals surface area contributed by atoms with Crippen molar-refractivity contribution in [2.45, 2.75) is 36.6 Å². The molecule has 2 aliphatic rings. The van der Waals surface area contributed by atoms with Gasteiger partial charge in [-0.2, -0.15) is 0 Å². The fourth-order valence-electron chi connectivity index (χ4n) is 3.92.